The van der Waals surface area contributed by atoms with Gasteiger partial charge in [0.2, 0.25) is 5.91 Å². The molecule has 2 aliphatic rings. The van der Waals surface area contributed by atoms with Crippen molar-refractivity contribution in [2.45, 2.75) is 38.6 Å². The predicted octanol–water partition coefficient (Wildman–Crippen LogP) is 0.997. The number of carbonyl (C=O) groups is 1. The number of likely N-dealkylation sites (tertiary alicyclic amines) is 1. The third kappa shape index (κ3) is 2.98. The topological polar surface area (TPSA) is 32.3 Å². The zero-order valence-electron chi connectivity index (χ0n) is 8.96. The molecular formula is C11H20N2O. The van der Waals surface area contributed by atoms with Gasteiger partial charge in [-0.25, -0.2) is 0 Å². The van der Waals surface area contributed by atoms with E-state index in [1.165, 1.54) is 25.7 Å². The standard InChI is InChI=1S/C11H20N2O/c1-9-4-6-13(7-5-9)8-11(14)12-10-2-3-10/h9-10H,2-8H2,1H3,(H,12,14). The van der Waals surface area contributed by atoms with Gasteiger partial charge in [0.05, 0.1) is 6.54 Å². The first-order chi connectivity index (χ1) is 6.74. The van der Waals surface area contributed by atoms with Crippen LogP contribution in [-0.4, -0.2) is 36.5 Å². The van der Waals surface area contributed by atoms with Crippen molar-refractivity contribution in [3.05, 3.63) is 0 Å². The molecule has 0 aromatic heterocycles. The molecule has 3 nitrogen and oxygen atoms in total. The Morgan fingerprint density at radius 1 is 1.29 bits per heavy atom. The maximum atomic E-state index is 11.5. The van der Waals surface area contributed by atoms with Crippen molar-refractivity contribution in [2.24, 2.45) is 5.92 Å². The fraction of sp³-hybridized carbons (Fsp3) is 0.909. The summed E-state index contributed by atoms with van der Waals surface area (Å²) in [5.74, 6) is 1.07. The van der Waals surface area contributed by atoms with Gasteiger partial charge in [0.15, 0.2) is 0 Å². The Kier molecular flexibility index (Phi) is 3.06. The second-order valence-corrected chi connectivity index (χ2v) is 4.80. The van der Waals surface area contributed by atoms with E-state index in [1.807, 2.05) is 0 Å². The molecule has 1 saturated carbocycles. The normalized spacial score (nSPS) is 24.9. The van der Waals surface area contributed by atoms with Gasteiger partial charge in [-0.3, -0.25) is 9.69 Å². The molecule has 3 heteroatoms. The fourth-order valence-corrected chi connectivity index (χ4v) is 1.92. The lowest BCUT2D eigenvalue weighted by molar-refractivity contribution is -0.122. The van der Waals surface area contributed by atoms with Crippen LogP contribution in [0.5, 0.6) is 0 Å². The molecule has 1 N–H and O–H groups in total. The summed E-state index contributed by atoms with van der Waals surface area (Å²) < 4.78 is 0. The van der Waals surface area contributed by atoms with Crippen molar-refractivity contribution in [3.8, 4) is 0 Å². The van der Waals surface area contributed by atoms with Crippen LogP contribution < -0.4 is 5.32 Å². The average molecular weight is 196 g/mol. The number of hydrogen-bond acceptors (Lipinski definition) is 2. The van der Waals surface area contributed by atoms with Gasteiger partial charge in [0, 0.05) is 6.04 Å². The molecular weight excluding hydrogens is 176 g/mol. The van der Waals surface area contributed by atoms with Crippen molar-refractivity contribution in [1.82, 2.24) is 10.2 Å². The minimum Gasteiger partial charge on any atom is -0.352 e. The van der Waals surface area contributed by atoms with E-state index in [1.54, 1.807) is 0 Å². The molecule has 80 valence electrons. The van der Waals surface area contributed by atoms with Crippen LogP contribution in [0.4, 0.5) is 0 Å². The van der Waals surface area contributed by atoms with Crippen LogP contribution >= 0.6 is 0 Å². The third-order valence-corrected chi connectivity index (χ3v) is 3.19. The SMILES string of the molecule is CC1CCN(CC(=O)NC2CC2)CC1. The van der Waals surface area contributed by atoms with Gasteiger partial charge in [-0.05, 0) is 44.7 Å². The minimum atomic E-state index is 0.224. The molecule has 0 spiro atoms. The monoisotopic (exact) mass is 196 g/mol. The Labute approximate surface area is 85.8 Å². The molecule has 0 atom stereocenters. The number of rotatable bonds is 3. The zero-order chi connectivity index (χ0) is 9.97. The van der Waals surface area contributed by atoms with Crippen molar-refractivity contribution >= 4 is 5.91 Å². The Bertz CT molecular complexity index is 205. The number of piperidine rings is 1. The Morgan fingerprint density at radius 2 is 1.93 bits per heavy atom. The first kappa shape index (κ1) is 9.97. The lowest BCUT2D eigenvalue weighted by Crippen LogP contribution is -2.41. The molecule has 1 heterocycles. The van der Waals surface area contributed by atoms with Crippen LogP contribution in [0.2, 0.25) is 0 Å². The van der Waals surface area contributed by atoms with Gasteiger partial charge in [-0.1, -0.05) is 6.92 Å². The largest absolute Gasteiger partial charge is 0.352 e. The summed E-state index contributed by atoms with van der Waals surface area (Å²) in [6.07, 6.45) is 4.86. The van der Waals surface area contributed by atoms with E-state index in [0.29, 0.717) is 12.6 Å². The van der Waals surface area contributed by atoms with Crippen LogP contribution in [0, 0.1) is 5.92 Å². The van der Waals surface area contributed by atoms with Crippen molar-refractivity contribution in [1.29, 1.82) is 0 Å². The van der Waals surface area contributed by atoms with Gasteiger partial charge in [0.1, 0.15) is 0 Å². The number of carbonyl (C=O) groups excluding carboxylic acids is 1. The number of hydrogen-bond donors (Lipinski definition) is 1. The van der Waals surface area contributed by atoms with Crippen LogP contribution in [-0.2, 0) is 4.79 Å². The summed E-state index contributed by atoms with van der Waals surface area (Å²) in [7, 11) is 0. The van der Waals surface area contributed by atoms with Crippen LogP contribution in [0.3, 0.4) is 0 Å². The highest BCUT2D eigenvalue weighted by molar-refractivity contribution is 5.78. The summed E-state index contributed by atoms with van der Waals surface area (Å²) >= 11 is 0. The Morgan fingerprint density at radius 3 is 2.50 bits per heavy atom. The smallest absolute Gasteiger partial charge is 0.234 e. The van der Waals surface area contributed by atoms with Gasteiger partial charge in [-0.15, -0.1) is 0 Å². The van der Waals surface area contributed by atoms with E-state index >= 15 is 0 Å². The minimum absolute atomic E-state index is 0.224. The van der Waals surface area contributed by atoms with E-state index in [0.717, 1.165) is 19.0 Å². The zero-order valence-corrected chi connectivity index (χ0v) is 8.96. The van der Waals surface area contributed by atoms with Crippen LogP contribution in [0.25, 0.3) is 0 Å². The van der Waals surface area contributed by atoms with Crippen molar-refractivity contribution in [3.63, 3.8) is 0 Å². The third-order valence-electron chi connectivity index (χ3n) is 3.19. The number of nitrogens with zero attached hydrogens (tertiary/aromatic N) is 1. The average Bonchev–Trinajstić information content (AvgIpc) is 2.93. The highest BCUT2D eigenvalue weighted by Crippen LogP contribution is 2.19. The van der Waals surface area contributed by atoms with Crippen molar-refractivity contribution < 1.29 is 4.79 Å². The van der Waals surface area contributed by atoms with E-state index in [9.17, 15) is 4.79 Å². The lowest BCUT2D eigenvalue weighted by atomic mass is 9.99. The van der Waals surface area contributed by atoms with Gasteiger partial charge in [-0.2, -0.15) is 0 Å². The van der Waals surface area contributed by atoms with Gasteiger partial charge < -0.3 is 5.32 Å². The second-order valence-electron chi connectivity index (χ2n) is 4.80. The Balaban J connectivity index is 1.66. The molecule has 1 aliphatic heterocycles. The number of nitrogens with one attached hydrogen (secondary N) is 1. The molecule has 2 fully saturated rings. The molecule has 0 aromatic carbocycles. The van der Waals surface area contributed by atoms with E-state index in [4.69, 9.17) is 0 Å². The summed E-state index contributed by atoms with van der Waals surface area (Å²) in [6, 6.07) is 0.506. The second kappa shape index (κ2) is 4.30. The molecule has 0 radical (unpaired) electrons. The maximum absolute atomic E-state index is 11.5. The molecule has 0 bridgehead atoms. The molecule has 1 saturated heterocycles. The van der Waals surface area contributed by atoms with Crippen LogP contribution in [0.1, 0.15) is 32.6 Å². The van der Waals surface area contributed by atoms with Crippen LogP contribution in [0.15, 0.2) is 0 Å². The molecule has 2 rings (SSSR count). The summed E-state index contributed by atoms with van der Waals surface area (Å²) in [5.41, 5.74) is 0. The van der Waals surface area contributed by atoms with E-state index < -0.39 is 0 Å². The molecule has 1 aliphatic carbocycles. The molecule has 14 heavy (non-hydrogen) atoms. The maximum Gasteiger partial charge on any atom is 0.234 e. The summed E-state index contributed by atoms with van der Waals surface area (Å²) in [6.45, 7) is 5.10. The number of amides is 1. The van der Waals surface area contributed by atoms with Gasteiger partial charge >= 0.3 is 0 Å². The first-order valence-corrected chi connectivity index (χ1v) is 5.76. The highest BCUT2D eigenvalue weighted by Gasteiger charge is 2.24. The summed E-state index contributed by atoms with van der Waals surface area (Å²) in [4.78, 5) is 13.8. The molecule has 0 unspecified atom stereocenters. The molecule has 1 amide bonds. The fourth-order valence-electron chi connectivity index (χ4n) is 1.92. The first-order valence-electron chi connectivity index (χ1n) is 5.76. The van der Waals surface area contributed by atoms with E-state index in [2.05, 4.69) is 17.1 Å². The summed E-state index contributed by atoms with van der Waals surface area (Å²) in [5, 5.41) is 3.03. The van der Waals surface area contributed by atoms with E-state index in [-0.39, 0.29) is 5.91 Å². The quantitative estimate of drug-likeness (QED) is 0.730. The highest BCUT2D eigenvalue weighted by atomic mass is 16.2. The predicted molar refractivity (Wildman–Crippen MR) is 56.0 cm³/mol. The van der Waals surface area contributed by atoms with Gasteiger partial charge in [0.25, 0.3) is 0 Å². The molecule has 0 aromatic rings. The lowest BCUT2D eigenvalue weighted by Gasteiger charge is -2.29. The Hall–Kier alpha value is -0.570. The van der Waals surface area contributed by atoms with Crippen molar-refractivity contribution in [2.75, 3.05) is 19.6 Å².